The molecule has 2 fully saturated rings. The quantitative estimate of drug-likeness (QED) is 0.613. The van der Waals surface area contributed by atoms with Gasteiger partial charge in [0.25, 0.3) is 0 Å². The van der Waals surface area contributed by atoms with Crippen LogP contribution in [0.5, 0.6) is 0 Å². The van der Waals surface area contributed by atoms with Crippen molar-refractivity contribution in [1.82, 2.24) is 10.2 Å². The second-order valence-electron chi connectivity index (χ2n) is 8.80. The number of hydrogen-bond acceptors (Lipinski definition) is 6. The highest BCUT2D eigenvalue weighted by molar-refractivity contribution is 7.96. The summed E-state index contributed by atoms with van der Waals surface area (Å²) in [5, 5.41) is 2.19. The van der Waals surface area contributed by atoms with Crippen LogP contribution in [0.4, 0.5) is 4.39 Å². The van der Waals surface area contributed by atoms with E-state index in [9.17, 15) is 21.2 Å². The monoisotopic (exact) mass is 480 g/mol. The standard InChI is InChI=1S/C23H29FN2O4S2/c1-17-4-6-18(7-5-17)22(26-12-2-3-13-26)14-25-21-15-31(27,28)16-23(21)32(29,30)20-10-8-19(24)9-11-20/h4-11,21-23,25H,2-3,12-16H2,1H3/t21-,22?,23-/m0/s1. The van der Waals surface area contributed by atoms with Gasteiger partial charge < -0.3 is 5.32 Å². The van der Waals surface area contributed by atoms with Crippen LogP contribution in [0.2, 0.25) is 0 Å². The Kier molecular flexibility index (Phi) is 6.72. The molecule has 1 N–H and O–H groups in total. The Morgan fingerprint density at radius 2 is 1.66 bits per heavy atom. The minimum absolute atomic E-state index is 0.0376. The van der Waals surface area contributed by atoms with E-state index in [1.54, 1.807) is 0 Å². The van der Waals surface area contributed by atoms with Gasteiger partial charge in [0.1, 0.15) is 5.82 Å². The normalized spacial score (nSPS) is 24.6. The molecule has 3 atom stereocenters. The van der Waals surface area contributed by atoms with Gasteiger partial charge in [-0.15, -0.1) is 0 Å². The summed E-state index contributed by atoms with van der Waals surface area (Å²) in [6.07, 6.45) is 2.23. The van der Waals surface area contributed by atoms with E-state index >= 15 is 0 Å². The topological polar surface area (TPSA) is 83.5 Å². The molecule has 2 aliphatic rings. The van der Waals surface area contributed by atoms with Gasteiger partial charge in [-0.1, -0.05) is 29.8 Å². The highest BCUT2D eigenvalue weighted by atomic mass is 32.2. The number of rotatable bonds is 7. The smallest absolute Gasteiger partial charge is 0.183 e. The first-order valence-electron chi connectivity index (χ1n) is 10.9. The van der Waals surface area contributed by atoms with E-state index in [1.165, 1.54) is 12.1 Å². The molecular weight excluding hydrogens is 451 g/mol. The Morgan fingerprint density at radius 1 is 1.03 bits per heavy atom. The molecule has 1 unspecified atom stereocenters. The lowest BCUT2D eigenvalue weighted by Gasteiger charge is -2.30. The van der Waals surface area contributed by atoms with Crippen LogP contribution in [0.25, 0.3) is 0 Å². The third-order valence-corrected chi connectivity index (χ3v) is 10.6. The minimum Gasteiger partial charge on any atom is -0.310 e. The molecule has 2 aliphatic heterocycles. The maximum Gasteiger partial charge on any atom is 0.183 e. The van der Waals surface area contributed by atoms with Crippen molar-refractivity contribution in [3.8, 4) is 0 Å². The van der Waals surface area contributed by atoms with Gasteiger partial charge >= 0.3 is 0 Å². The molecule has 0 radical (unpaired) electrons. The highest BCUT2D eigenvalue weighted by Crippen LogP contribution is 2.29. The van der Waals surface area contributed by atoms with E-state index in [0.29, 0.717) is 6.54 Å². The predicted octanol–water partition coefficient (Wildman–Crippen LogP) is 2.50. The van der Waals surface area contributed by atoms with Crippen LogP contribution < -0.4 is 5.32 Å². The Bertz CT molecular complexity index is 1140. The zero-order chi connectivity index (χ0) is 22.9. The van der Waals surface area contributed by atoms with Crippen LogP contribution in [0.1, 0.15) is 30.0 Å². The van der Waals surface area contributed by atoms with E-state index < -0.39 is 42.5 Å². The second-order valence-corrected chi connectivity index (χ2v) is 13.1. The molecule has 0 aromatic heterocycles. The Hall–Kier alpha value is -1.81. The van der Waals surface area contributed by atoms with Crippen molar-refractivity contribution in [3.63, 3.8) is 0 Å². The van der Waals surface area contributed by atoms with E-state index in [-0.39, 0.29) is 16.7 Å². The van der Waals surface area contributed by atoms with Gasteiger partial charge in [0, 0.05) is 18.6 Å². The van der Waals surface area contributed by atoms with Crippen LogP contribution in [0, 0.1) is 12.7 Å². The van der Waals surface area contributed by atoms with Crippen molar-refractivity contribution in [3.05, 3.63) is 65.5 Å². The van der Waals surface area contributed by atoms with E-state index in [4.69, 9.17) is 0 Å². The van der Waals surface area contributed by atoms with Crippen LogP contribution in [-0.2, 0) is 19.7 Å². The Labute approximate surface area is 189 Å². The molecule has 2 aromatic carbocycles. The fraction of sp³-hybridized carbons (Fsp3) is 0.478. The summed E-state index contributed by atoms with van der Waals surface area (Å²) in [6, 6.07) is 12.2. The van der Waals surface area contributed by atoms with Crippen molar-refractivity contribution in [2.24, 2.45) is 0 Å². The predicted molar refractivity (Wildman–Crippen MR) is 123 cm³/mol. The van der Waals surface area contributed by atoms with Gasteiger partial charge in [0.15, 0.2) is 19.7 Å². The van der Waals surface area contributed by atoms with Crippen LogP contribution in [0.3, 0.4) is 0 Å². The highest BCUT2D eigenvalue weighted by Gasteiger charge is 2.46. The average molecular weight is 481 g/mol. The maximum absolute atomic E-state index is 13.3. The number of nitrogens with one attached hydrogen (secondary N) is 1. The zero-order valence-electron chi connectivity index (χ0n) is 18.1. The molecule has 174 valence electrons. The van der Waals surface area contributed by atoms with Crippen molar-refractivity contribution < 1.29 is 21.2 Å². The molecule has 4 rings (SSSR count). The van der Waals surface area contributed by atoms with Crippen molar-refractivity contribution in [2.75, 3.05) is 31.1 Å². The number of halogens is 1. The van der Waals surface area contributed by atoms with Gasteiger partial charge in [-0.3, -0.25) is 4.90 Å². The minimum atomic E-state index is -3.93. The first-order valence-corrected chi connectivity index (χ1v) is 14.3. The van der Waals surface area contributed by atoms with Crippen LogP contribution in [0.15, 0.2) is 53.4 Å². The fourth-order valence-electron chi connectivity index (χ4n) is 4.67. The average Bonchev–Trinajstić information content (AvgIpc) is 3.38. The number of sulfone groups is 2. The summed E-state index contributed by atoms with van der Waals surface area (Å²) in [4.78, 5) is 2.31. The molecular formula is C23H29FN2O4S2. The molecule has 2 saturated heterocycles. The number of benzene rings is 2. The lowest BCUT2D eigenvalue weighted by molar-refractivity contribution is 0.234. The molecule has 9 heteroatoms. The molecule has 6 nitrogen and oxygen atoms in total. The molecule has 0 amide bonds. The first kappa shape index (κ1) is 23.4. The Balaban J connectivity index is 1.57. The number of nitrogens with zero attached hydrogens (tertiary/aromatic N) is 1. The van der Waals surface area contributed by atoms with E-state index in [0.717, 1.165) is 49.2 Å². The third-order valence-electron chi connectivity index (χ3n) is 6.46. The van der Waals surface area contributed by atoms with Crippen molar-refractivity contribution >= 4 is 19.7 Å². The third kappa shape index (κ3) is 5.06. The van der Waals surface area contributed by atoms with Gasteiger partial charge in [-0.2, -0.15) is 0 Å². The summed E-state index contributed by atoms with van der Waals surface area (Å²) < 4.78 is 64.6. The summed E-state index contributed by atoms with van der Waals surface area (Å²) in [5.74, 6) is -1.19. The Morgan fingerprint density at radius 3 is 2.28 bits per heavy atom. The van der Waals surface area contributed by atoms with E-state index in [2.05, 4.69) is 34.5 Å². The first-order chi connectivity index (χ1) is 15.2. The van der Waals surface area contributed by atoms with Crippen molar-refractivity contribution in [2.45, 2.75) is 42.0 Å². The molecule has 2 aromatic rings. The lowest BCUT2D eigenvalue weighted by atomic mass is 10.0. The molecule has 32 heavy (non-hydrogen) atoms. The zero-order valence-corrected chi connectivity index (χ0v) is 19.7. The molecule has 2 heterocycles. The summed E-state index contributed by atoms with van der Waals surface area (Å²) in [7, 11) is -7.45. The van der Waals surface area contributed by atoms with Gasteiger partial charge in [-0.25, -0.2) is 21.2 Å². The molecule has 0 bridgehead atoms. The van der Waals surface area contributed by atoms with Gasteiger partial charge in [0.05, 0.1) is 21.7 Å². The number of aryl methyl sites for hydroxylation is 1. The number of hydrogen-bond donors (Lipinski definition) is 1. The number of likely N-dealkylation sites (tertiary alicyclic amines) is 1. The molecule has 0 spiro atoms. The molecule has 0 aliphatic carbocycles. The van der Waals surface area contributed by atoms with Gasteiger partial charge in [0.2, 0.25) is 0 Å². The summed E-state index contributed by atoms with van der Waals surface area (Å²) >= 11 is 0. The van der Waals surface area contributed by atoms with E-state index in [1.807, 2.05) is 6.92 Å². The SMILES string of the molecule is Cc1ccc(C(CN[C@H]2CS(=O)(=O)C[C@@H]2S(=O)(=O)c2ccc(F)cc2)N2CCCC2)cc1. The fourth-order valence-corrected chi connectivity index (χ4v) is 9.39. The summed E-state index contributed by atoms with van der Waals surface area (Å²) in [6.45, 7) is 4.40. The van der Waals surface area contributed by atoms with Crippen LogP contribution >= 0.6 is 0 Å². The molecule has 0 saturated carbocycles. The van der Waals surface area contributed by atoms with Crippen LogP contribution in [-0.4, -0.2) is 64.2 Å². The summed E-state index contributed by atoms with van der Waals surface area (Å²) in [5.41, 5.74) is 2.29. The lowest BCUT2D eigenvalue weighted by Crippen LogP contribution is -2.46. The van der Waals surface area contributed by atoms with Crippen molar-refractivity contribution in [1.29, 1.82) is 0 Å². The maximum atomic E-state index is 13.3. The van der Waals surface area contributed by atoms with Gasteiger partial charge in [-0.05, 0) is 62.7 Å². The largest absolute Gasteiger partial charge is 0.310 e. The second kappa shape index (κ2) is 9.21.